The van der Waals surface area contributed by atoms with E-state index in [0.717, 1.165) is 5.82 Å². The van der Waals surface area contributed by atoms with Gasteiger partial charge in [0, 0.05) is 5.82 Å². The van der Waals surface area contributed by atoms with E-state index in [9.17, 15) is 4.57 Å². The molecule has 0 spiro atoms. The first-order valence-corrected chi connectivity index (χ1v) is 4.26. The largest absolute Gasteiger partial charge is 0.328 e. The lowest BCUT2D eigenvalue weighted by atomic mass is 11.3. The van der Waals surface area contributed by atoms with E-state index in [0.29, 0.717) is 0 Å². The maximum Gasteiger partial charge on any atom is 0.328 e. The lowest BCUT2D eigenvalue weighted by Gasteiger charge is -1.92. The summed E-state index contributed by atoms with van der Waals surface area (Å²) in [6, 6.07) is 0. The first-order valence-electron chi connectivity index (χ1n) is 1.35. The number of halogens is 2. The molecule has 0 aliphatic carbocycles. The molecular weight excluding hydrogens is 158 g/mol. The minimum absolute atomic E-state index is 0.960. The van der Waals surface area contributed by atoms with E-state index in [4.69, 9.17) is 11.2 Å². The molecule has 0 saturated heterocycles. The van der Waals surface area contributed by atoms with E-state index in [-0.39, 0.29) is 0 Å². The predicted molar refractivity (Wildman–Crippen MR) is 30.6 cm³/mol. The predicted octanol–water partition coefficient (Wildman–Crippen LogP) is 2.73. The van der Waals surface area contributed by atoms with Crippen molar-refractivity contribution in [1.29, 1.82) is 0 Å². The second-order valence-electron chi connectivity index (χ2n) is 0.773. The highest BCUT2D eigenvalue weighted by Gasteiger charge is 2.10. The van der Waals surface area contributed by atoms with E-state index in [1.807, 2.05) is 0 Å². The summed E-state index contributed by atoms with van der Waals surface area (Å²) in [6.45, 7) is -0.0541. The average molecular weight is 161 g/mol. The highest BCUT2D eigenvalue weighted by Crippen LogP contribution is 2.54. The Hall–Kier alpha value is 0.510. The van der Waals surface area contributed by atoms with Crippen molar-refractivity contribution in [1.82, 2.24) is 0 Å². The van der Waals surface area contributed by atoms with Crippen LogP contribution in [-0.2, 0) is 8.64 Å². The second kappa shape index (κ2) is 2.73. The molecule has 0 radical (unpaired) electrons. The Kier molecular flexibility index (Phi) is 2.93. The van der Waals surface area contributed by atoms with Crippen molar-refractivity contribution >= 4 is 29.8 Å². The molecule has 0 N–H and O–H groups in total. The molecular formula is C2H3Cl2O2P. The summed E-state index contributed by atoms with van der Waals surface area (Å²) in [7, 11) is 0. The Morgan fingerprint density at radius 2 is 2.29 bits per heavy atom. The quantitative estimate of drug-likeness (QED) is 0.581. The molecule has 7 heavy (non-hydrogen) atoms. The summed E-state index contributed by atoms with van der Waals surface area (Å²) in [5.74, 6) is 0.960. The molecule has 42 valence electrons. The number of rotatable bonds is 2. The lowest BCUT2D eigenvalue weighted by molar-refractivity contribution is 0.528. The minimum atomic E-state index is -3.15. The molecule has 5 heteroatoms. The molecule has 0 heterocycles. The van der Waals surface area contributed by atoms with Crippen LogP contribution in [0.25, 0.3) is 0 Å². The third-order valence-electron chi connectivity index (χ3n) is 0.312. The molecule has 0 aromatic rings. The maximum atomic E-state index is 10.2. The summed E-state index contributed by atoms with van der Waals surface area (Å²) in [5, 5.41) is 0. The molecule has 1 atom stereocenters. The van der Waals surface area contributed by atoms with Gasteiger partial charge in [-0.25, -0.2) is 4.08 Å². The smallest absolute Gasteiger partial charge is 0.269 e. The maximum absolute atomic E-state index is 10.2. The standard InChI is InChI=1S/C2H3Cl2O2P/c1-2-7(4,5)6-3/h2H,1H2. The average Bonchev–Trinajstić information content (AvgIpc) is 1.68. The highest BCUT2D eigenvalue weighted by atomic mass is 35.7. The van der Waals surface area contributed by atoms with Gasteiger partial charge in [-0.3, -0.25) is 4.57 Å². The van der Waals surface area contributed by atoms with Crippen LogP contribution in [0.1, 0.15) is 0 Å². The van der Waals surface area contributed by atoms with Crippen molar-refractivity contribution in [3.05, 3.63) is 12.4 Å². The third-order valence-corrected chi connectivity index (χ3v) is 2.38. The van der Waals surface area contributed by atoms with E-state index >= 15 is 0 Å². The topological polar surface area (TPSA) is 26.3 Å². The molecule has 0 aromatic carbocycles. The van der Waals surface area contributed by atoms with E-state index < -0.39 is 6.72 Å². The van der Waals surface area contributed by atoms with Crippen molar-refractivity contribution in [3.8, 4) is 0 Å². The first kappa shape index (κ1) is 7.51. The zero-order valence-corrected chi connectivity index (χ0v) is 5.71. The van der Waals surface area contributed by atoms with Crippen molar-refractivity contribution in [2.24, 2.45) is 0 Å². The van der Waals surface area contributed by atoms with Gasteiger partial charge in [0.15, 0.2) is 0 Å². The third kappa shape index (κ3) is 3.12. The fraction of sp³-hybridized carbons (Fsp3) is 0. The fourth-order valence-corrected chi connectivity index (χ4v) is 0.254. The molecule has 0 bridgehead atoms. The molecule has 0 aliphatic rings. The SMILES string of the molecule is C=CP(=O)(Cl)OCl. The van der Waals surface area contributed by atoms with Crippen LogP contribution in [0.2, 0.25) is 0 Å². The molecule has 0 amide bonds. The van der Waals surface area contributed by atoms with Gasteiger partial charge >= 0.3 is 6.72 Å². The van der Waals surface area contributed by atoms with Gasteiger partial charge in [0.1, 0.15) is 0 Å². The zero-order valence-electron chi connectivity index (χ0n) is 3.30. The Morgan fingerprint density at radius 3 is 2.29 bits per heavy atom. The zero-order chi connectivity index (χ0) is 5.91. The van der Waals surface area contributed by atoms with E-state index in [2.05, 4.69) is 22.5 Å². The van der Waals surface area contributed by atoms with Gasteiger partial charge < -0.3 is 0 Å². The van der Waals surface area contributed by atoms with Crippen LogP contribution in [0.15, 0.2) is 12.4 Å². The van der Waals surface area contributed by atoms with Gasteiger partial charge in [-0.05, 0) is 11.2 Å². The molecule has 0 aromatic heterocycles. The molecule has 0 fully saturated rings. The van der Waals surface area contributed by atoms with Crippen LogP contribution in [-0.4, -0.2) is 0 Å². The number of hydrogen-bond acceptors (Lipinski definition) is 2. The van der Waals surface area contributed by atoms with Crippen LogP contribution in [0.4, 0.5) is 0 Å². The summed E-state index contributed by atoms with van der Waals surface area (Å²) in [5.41, 5.74) is 0. The summed E-state index contributed by atoms with van der Waals surface area (Å²) in [6.07, 6.45) is 0. The molecule has 0 aliphatic heterocycles. The Labute approximate surface area is 51.5 Å². The van der Waals surface area contributed by atoms with Crippen molar-refractivity contribution in [2.75, 3.05) is 0 Å². The molecule has 1 unspecified atom stereocenters. The lowest BCUT2D eigenvalue weighted by Crippen LogP contribution is -1.57. The molecule has 0 saturated carbocycles. The van der Waals surface area contributed by atoms with Crippen molar-refractivity contribution in [3.63, 3.8) is 0 Å². The van der Waals surface area contributed by atoms with Gasteiger partial charge in [0.2, 0.25) is 0 Å². The minimum Gasteiger partial charge on any atom is -0.269 e. The Bertz CT molecular complexity index is 112. The Balaban J connectivity index is 3.85. The van der Waals surface area contributed by atoms with Gasteiger partial charge in [-0.1, -0.05) is 6.58 Å². The monoisotopic (exact) mass is 160 g/mol. The van der Waals surface area contributed by atoms with Crippen LogP contribution >= 0.6 is 29.8 Å². The van der Waals surface area contributed by atoms with Crippen molar-refractivity contribution < 1.29 is 8.64 Å². The second-order valence-corrected chi connectivity index (χ2v) is 4.15. The van der Waals surface area contributed by atoms with Gasteiger partial charge in [0.25, 0.3) is 0 Å². The molecule has 0 rings (SSSR count). The summed E-state index contributed by atoms with van der Waals surface area (Å²) in [4.78, 5) is 0. The van der Waals surface area contributed by atoms with Crippen LogP contribution in [0, 0.1) is 0 Å². The van der Waals surface area contributed by atoms with Crippen LogP contribution in [0.3, 0.4) is 0 Å². The fourth-order valence-electron chi connectivity index (χ4n) is 0.0282. The van der Waals surface area contributed by atoms with E-state index in [1.165, 1.54) is 0 Å². The highest BCUT2D eigenvalue weighted by molar-refractivity contribution is 7.88. The van der Waals surface area contributed by atoms with Crippen LogP contribution in [0.5, 0.6) is 0 Å². The Morgan fingerprint density at radius 1 is 1.86 bits per heavy atom. The number of hydrogen-bond donors (Lipinski definition) is 0. The normalized spacial score (nSPS) is 18.0. The van der Waals surface area contributed by atoms with Gasteiger partial charge in [0.05, 0.1) is 11.9 Å². The van der Waals surface area contributed by atoms with Gasteiger partial charge in [-0.2, -0.15) is 0 Å². The molecule has 2 nitrogen and oxygen atoms in total. The van der Waals surface area contributed by atoms with Crippen molar-refractivity contribution in [2.45, 2.75) is 0 Å². The van der Waals surface area contributed by atoms with Crippen LogP contribution < -0.4 is 0 Å². The van der Waals surface area contributed by atoms with Gasteiger partial charge in [-0.15, -0.1) is 0 Å². The first-order chi connectivity index (χ1) is 3.12. The summed E-state index contributed by atoms with van der Waals surface area (Å²) < 4.78 is 14.0. The van der Waals surface area contributed by atoms with E-state index in [1.54, 1.807) is 0 Å². The summed E-state index contributed by atoms with van der Waals surface area (Å²) >= 11 is 9.62.